The Morgan fingerprint density at radius 3 is 2.61 bits per heavy atom. The molecule has 0 aromatic heterocycles. The molecule has 1 aliphatic heterocycles. The number of hydrogen-bond acceptors (Lipinski definition) is 4. The van der Waals surface area contributed by atoms with Crippen molar-refractivity contribution in [3.05, 3.63) is 35.9 Å². The maximum Gasteiger partial charge on any atom is 0.161 e. The summed E-state index contributed by atoms with van der Waals surface area (Å²) < 4.78 is 10.8. The summed E-state index contributed by atoms with van der Waals surface area (Å²) in [6.07, 6.45) is 5.49. The van der Waals surface area contributed by atoms with Gasteiger partial charge < -0.3 is 9.47 Å². The van der Waals surface area contributed by atoms with Crippen molar-refractivity contribution in [3.63, 3.8) is 0 Å². The van der Waals surface area contributed by atoms with Gasteiger partial charge in [-0.25, -0.2) is 0 Å². The maximum atomic E-state index is 12.0. The molecule has 0 radical (unpaired) electrons. The van der Waals surface area contributed by atoms with Crippen molar-refractivity contribution in [1.29, 1.82) is 0 Å². The SMILES string of the molecule is COc1ccc(C23C=CC(=O)C[C@H]2N(C(C)C)CC3)cc1OC. The first-order valence-electron chi connectivity index (χ1n) is 8.22. The zero-order valence-corrected chi connectivity index (χ0v) is 14.3. The lowest BCUT2D eigenvalue weighted by Gasteiger charge is -2.40. The smallest absolute Gasteiger partial charge is 0.161 e. The molecule has 0 N–H and O–H groups in total. The lowest BCUT2D eigenvalue weighted by molar-refractivity contribution is -0.116. The molecule has 1 heterocycles. The number of ether oxygens (including phenoxy) is 2. The van der Waals surface area contributed by atoms with E-state index in [0.29, 0.717) is 12.5 Å². The maximum absolute atomic E-state index is 12.0. The average molecular weight is 315 g/mol. The Labute approximate surface area is 138 Å². The fourth-order valence-electron chi connectivity index (χ4n) is 4.10. The lowest BCUT2D eigenvalue weighted by Crippen LogP contribution is -2.47. The van der Waals surface area contributed by atoms with Gasteiger partial charge in [0.05, 0.1) is 14.2 Å². The van der Waals surface area contributed by atoms with Crippen molar-refractivity contribution in [2.75, 3.05) is 20.8 Å². The van der Waals surface area contributed by atoms with Crippen LogP contribution in [0.2, 0.25) is 0 Å². The van der Waals surface area contributed by atoms with E-state index in [9.17, 15) is 4.79 Å². The summed E-state index contributed by atoms with van der Waals surface area (Å²) in [7, 11) is 3.31. The van der Waals surface area contributed by atoms with E-state index < -0.39 is 0 Å². The topological polar surface area (TPSA) is 38.8 Å². The van der Waals surface area contributed by atoms with E-state index in [2.05, 4.69) is 37.0 Å². The summed E-state index contributed by atoms with van der Waals surface area (Å²) >= 11 is 0. The number of nitrogens with zero attached hydrogens (tertiary/aromatic N) is 1. The van der Waals surface area contributed by atoms with Crippen molar-refractivity contribution < 1.29 is 14.3 Å². The van der Waals surface area contributed by atoms with Gasteiger partial charge in [0.1, 0.15) is 0 Å². The van der Waals surface area contributed by atoms with Gasteiger partial charge in [0.2, 0.25) is 0 Å². The number of fused-ring (bicyclic) bond motifs is 1. The zero-order chi connectivity index (χ0) is 16.6. The monoisotopic (exact) mass is 315 g/mol. The van der Waals surface area contributed by atoms with Crippen LogP contribution < -0.4 is 9.47 Å². The minimum atomic E-state index is -0.113. The standard InChI is InChI=1S/C19H25NO3/c1-13(2)20-10-9-19(8-7-15(21)12-18(19)20)14-5-6-16(22-3)17(11-14)23-4/h5-8,11,13,18H,9-10,12H2,1-4H3/t18-,19?/m1/s1. The number of carbonyl (C=O) groups is 1. The van der Waals surface area contributed by atoms with E-state index >= 15 is 0 Å². The quantitative estimate of drug-likeness (QED) is 0.856. The predicted molar refractivity (Wildman–Crippen MR) is 90.2 cm³/mol. The van der Waals surface area contributed by atoms with Crippen LogP contribution in [0, 0.1) is 0 Å². The van der Waals surface area contributed by atoms with Crippen LogP contribution >= 0.6 is 0 Å². The van der Waals surface area contributed by atoms with Crippen LogP contribution in [0.1, 0.15) is 32.3 Å². The molecule has 0 spiro atoms. The molecule has 4 heteroatoms. The normalized spacial score (nSPS) is 27.3. The second kappa shape index (κ2) is 6.00. The molecule has 3 rings (SSSR count). The Morgan fingerprint density at radius 1 is 1.22 bits per heavy atom. The number of methoxy groups -OCH3 is 2. The highest BCUT2D eigenvalue weighted by Crippen LogP contribution is 2.47. The van der Waals surface area contributed by atoms with Crippen molar-refractivity contribution in [1.82, 2.24) is 4.90 Å². The lowest BCUT2D eigenvalue weighted by atomic mass is 9.69. The molecule has 1 fully saturated rings. The van der Waals surface area contributed by atoms with Gasteiger partial charge in [-0.05, 0) is 50.6 Å². The van der Waals surface area contributed by atoms with Gasteiger partial charge in [0, 0.05) is 23.9 Å². The first-order valence-corrected chi connectivity index (χ1v) is 8.22. The first-order chi connectivity index (χ1) is 11.0. The number of likely N-dealkylation sites (tertiary alicyclic amines) is 1. The second-order valence-corrected chi connectivity index (χ2v) is 6.71. The molecule has 4 nitrogen and oxygen atoms in total. The van der Waals surface area contributed by atoms with Gasteiger partial charge in [0.15, 0.2) is 17.3 Å². The molecule has 1 unspecified atom stereocenters. The van der Waals surface area contributed by atoms with Gasteiger partial charge in [0.25, 0.3) is 0 Å². The Hall–Kier alpha value is -1.81. The van der Waals surface area contributed by atoms with Crippen LogP contribution in [0.25, 0.3) is 0 Å². The Bertz CT molecular complexity index is 638. The third kappa shape index (κ3) is 2.55. The number of carbonyl (C=O) groups excluding carboxylic acids is 1. The van der Waals surface area contributed by atoms with E-state index in [1.165, 1.54) is 5.56 Å². The number of benzene rings is 1. The van der Waals surface area contributed by atoms with Gasteiger partial charge in [-0.2, -0.15) is 0 Å². The van der Waals surface area contributed by atoms with E-state index in [1.807, 2.05) is 6.07 Å². The second-order valence-electron chi connectivity index (χ2n) is 6.71. The molecule has 2 atom stereocenters. The third-order valence-electron chi connectivity index (χ3n) is 5.32. The summed E-state index contributed by atoms with van der Waals surface area (Å²) in [6.45, 7) is 5.41. The molecule has 1 aromatic rings. The van der Waals surface area contributed by atoms with Crippen molar-refractivity contribution >= 4 is 5.78 Å². The molecular weight excluding hydrogens is 290 g/mol. The van der Waals surface area contributed by atoms with Crippen molar-refractivity contribution in [3.8, 4) is 11.5 Å². The summed E-state index contributed by atoms with van der Waals surface area (Å²) in [5.41, 5.74) is 1.09. The van der Waals surface area contributed by atoms with Gasteiger partial charge in [-0.15, -0.1) is 0 Å². The summed E-state index contributed by atoms with van der Waals surface area (Å²) in [5.74, 6) is 1.70. The fraction of sp³-hybridized carbons (Fsp3) is 0.526. The minimum absolute atomic E-state index is 0.113. The molecule has 1 aliphatic carbocycles. The molecule has 0 saturated carbocycles. The highest BCUT2D eigenvalue weighted by Gasteiger charge is 2.49. The van der Waals surface area contributed by atoms with Crippen LogP contribution in [0.3, 0.4) is 0 Å². The van der Waals surface area contributed by atoms with Crippen LogP contribution in [0.4, 0.5) is 0 Å². The average Bonchev–Trinajstić information content (AvgIpc) is 2.94. The summed E-state index contributed by atoms with van der Waals surface area (Å²) in [5, 5.41) is 0. The minimum Gasteiger partial charge on any atom is -0.493 e. The Morgan fingerprint density at radius 2 is 1.96 bits per heavy atom. The van der Waals surface area contributed by atoms with E-state index in [-0.39, 0.29) is 17.2 Å². The van der Waals surface area contributed by atoms with E-state index in [0.717, 1.165) is 24.5 Å². The van der Waals surface area contributed by atoms with Crippen LogP contribution in [0.15, 0.2) is 30.4 Å². The molecule has 0 bridgehead atoms. The van der Waals surface area contributed by atoms with E-state index in [4.69, 9.17) is 9.47 Å². The van der Waals surface area contributed by atoms with Crippen LogP contribution in [-0.4, -0.2) is 43.5 Å². The molecule has 124 valence electrons. The summed E-state index contributed by atoms with van der Waals surface area (Å²) in [6, 6.07) is 6.79. The third-order valence-corrected chi connectivity index (χ3v) is 5.32. The highest BCUT2D eigenvalue weighted by molar-refractivity contribution is 5.92. The highest BCUT2D eigenvalue weighted by atomic mass is 16.5. The van der Waals surface area contributed by atoms with E-state index in [1.54, 1.807) is 20.3 Å². The van der Waals surface area contributed by atoms with Gasteiger partial charge >= 0.3 is 0 Å². The largest absolute Gasteiger partial charge is 0.493 e. The zero-order valence-electron chi connectivity index (χ0n) is 14.3. The first kappa shape index (κ1) is 16.1. The Kier molecular flexibility index (Phi) is 4.19. The summed E-state index contributed by atoms with van der Waals surface area (Å²) in [4.78, 5) is 14.5. The van der Waals surface area contributed by atoms with Crippen LogP contribution in [-0.2, 0) is 10.2 Å². The predicted octanol–water partition coefficient (Wildman–Crippen LogP) is 2.95. The van der Waals surface area contributed by atoms with Crippen molar-refractivity contribution in [2.24, 2.45) is 0 Å². The fourth-order valence-corrected chi connectivity index (χ4v) is 4.10. The number of rotatable bonds is 4. The molecule has 2 aliphatic rings. The number of ketones is 1. The Balaban J connectivity index is 2.08. The number of allylic oxidation sites excluding steroid dienone is 1. The molecule has 0 amide bonds. The number of hydrogen-bond donors (Lipinski definition) is 0. The van der Waals surface area contributed by atoms with Crippen molar-refractivity contribution in [2.45, 2.75) is 44.2 Å². The molecule has 1 saturated heterocycles. The van der Waals surface area contributed by atoms with Crippen LogP contribution in [0.5, 0.6) is 11.5 Å². The van der Waals surface area contributed by atoms with Gasteiger partial charge in [-0.1, -0.05) is 12.1 Å². The van der Waals surface area contributed by atoms with Gasteiger partial charge in [-0.3, -0.25) is 9.69 Å². The molecular formula is C19H25NO3. The molecule has 1 aromatic carbocycles. The molecule has 23 heavy (non-hydrogen) atoms.